The van der Waals surface area contributed by atoms with Crippen molar-refractivity contribution in [3.63, 3.8) is 0 Å². The quantitative estimate of drug-likeness (QED) is 0.164. The third-order valence-electron chi connectivity index (χ3n) is 9.56. The van der Waals surface area contributed by atoms with E-state index >= 15 is 0 Å². The maximum absolute atomic E-state index is 2.50. The minimum atomic E-state index is -0.298. The smallest absolute Gasteiger partial charge is 0.0713 e. The SMILES string of the molecule is CC.CC.CC.CC.CC.CC.CCN(CC)Cc1cccc2c1-c1ccccc1C2(c1ccccc1)c1ccccc1.c1ccc2c(c1)Cc1ccccc1-2. The van der Waals surface area contributed by atoms with Gasteiger partial charge in [-0.3, -0.25) is 4.90 Å². The lowest BCUT2D eigenvalue weighted by molar-refractivity contribution is 0.296. The van der Waals surface area contributed by atoms with Crippen LogP contribution in [-0.2, 0) is 18.4 Å². The van der Waals surface area contributed by atoms with Crippen molar-refractivity contribution in [3.8, 4) is 22.3 Å². The summed E-state index contributed by atoms with van der Waals surface area (Å²) in [5.41, 5.74) is 15.1. The van der Waals surface area contributed by atoms with Crippen molar-refractivity contribution < 1.29 is 0 Å². The summed E-state index contributed by atoms with van der Waals surface area (Å²) in [6.07, 6.45) is 1.10. The van der Waals surface area contributed by atoms with Crippen LogP contribution in [0.2, 0.25) is 0 Å². The molecule has 56 heavy (non-hydrogen) atoms. The summed E-state index contributed by atoms with van der Waals surface area (Å²) in [6.45, 7) is 31.6. The van der Waals surface area contributed by atoms with E-state index in [9.17, 15) is 0 Å². The summed E-state index contributed by atoms with van der Waals surface area (Å²) in [5.74, 6) is 0. The maximum Gasteiger partial charge on any atom is 0.0713 e. The molecular weight excluding hydrogens is 675 g/mol. The van der Waals surface area contributed by atoms with Crippen LogP contribution < -0.4 is 0 Å². The molecule has 0 fully saturated rings. The van der Waals surface area contributed by atoms with Gasteiger partial charge in [-0.2, -0.15) is 0 Å². The molecule has 0 bridgehead atoms. The molecule has 0 radical (unpaired) electrons. The summed E-state index contributed by atoms with van der Waals surface area (Å²) in [7, 11) is 0. The zero-order valence-electron chi connectivity index (χ0n) is 37.7. The van der Waals surface area contributed by atoms with E-state index in [1.807, 2.05) is 83.1 Å². The molecule has 300 valence electrons. The van der Waals surface area contributed by atoms with Gasteiger partial charge in [-0.05, 0) is 80.7 Å². The number of hydrogen-bond acceptors (Lipinski definition) is 1. The molecule has 0 amide bonds. The van der Waals surface area contributed by atoms with Gasteiger partial charge < -0.3 is 0 Å². The molecular formula is C55H75N. The summed E-state index contributed by atoms with van der Waals surface area (Å²) >= 11 is 0. The van der Waals surface area contributed by atoms with E-state index in [4.69, 9.17) is 0 Å². The molecule has 0 aromatic heterocycles. The fourth-order valence-electron chi connectivity index (χ4n) is 7.47. The molecule has 0 atom stereocenters. The van der Waals surface area contributed by atoms with Crippen LogP contribution >= 0.6 is 0 Å². The van der Waals surface area contributed by atoms with Crippen LogP contribution in [-0.4, -0.2) is 18.0 Å². The Morgan fingerprint density at radius 1 is 0.393 bits per heavy atom. The van der Waals surface area contributed by atoms with E-state index in [2.05, 4.69) is 170 Å². The van der Waals surface area contributed by atoms with Gasteiger partial charge in [-0.15, -0.1) is 0 Å². The molecule has 0 spiro atoms. The fourth-order valence-corrected chi connectivity index (χ4v) is 7.47. The zero-order valence-corrected chi connectivity index (χ0v) is 37.7. The topological polar surface area (TPSA) is 3.24 Å². The molecule has 0 N–H and O–H groups in total. The van der Waals surface area contributed by atoms with Crippen LogP contribution in [0.3, 0.4) is 0 Å². The predicted molar refractivity (Wildman–Crippen MR) is 253 cm³/mol. The predicted octanol–water partition coefficient (Wildman–Crippen LogP) is 16.3. The van der Waals surface area contributed by atoms with Crippen molar-refractivity contribution in [2.75, 3.05) is 13.1 Å². The molecule has 0 saturated carbocycles. The summed E-state index contributed by atoms with van der Waals surface area (Å²) in [4.78, 5) is 2.50. The summed E-state index contributed by atoms with van der Waals surface area (Å²) < 4.78 is 0. The standard InChI is InChI=1S/C30H29N.C13H10.6C2H6/c1-3-31(4-2)22-23-14-13-21-28-29(23)26-19-11-12-20-27(26)30(28,24-15-7-5-8-16-24)25-17-9-6-10-18-25;1-3-7-12-10(5-1)9-11-6-2-4-8-13(11)12;6*1-2/h5-21H,3-4,22H2,1-2H3;1-8H,9H2;6*1-2H3. The molecule has 2 aliphatic carbocycles. The van der Waals surface area contributed by atoms with Crippen LogP contribution in [0, 0.1) is 0 Å². The van der Waals surface area contributed by atoms with Crippen molar-refractivity contribution in [1.29, 1.82) is 0 Å². The van der Waals surface area contributed by atoms with Gasteiger partial charge >= 0.3 is 0 Å². The second kappa shape index (κ2) is 27.8. The Bertz CT molecular complexity index is 1800. The highest BCUT2D eigenvalue weighted by molar-refractivity contribution is 5.88. The lowest BCUT2D eigenvalue weighted by Gasteiger charge is -2.34. The molecule has 8 rings (SSSR count). The van der Waals surface area contributed by atoms with E-state index in [0.717, 1.165) is 26.1 Å². The van der Waals surface area contributed by atoms with Crippen LogP contribution in [0.25, 0.3) is 22.3 Å². The molecule has 2 aliphatic rings. The van der Waals surface area contributed by atoms with Crippen LogP contribution in [0.5, 0.6) is 0 Å². The number of benzene rings is 6. The van der Waals surface area contributed by atoms with Crippen molar-refractivity contribution in [2.24, 2.45) is 0 Å². The second-order valence-corrected chi connectivity index (χ2v) is 11.8. The van der Waals surface area contributed by atoms with E-state index in [1.54, 1.807) is 0 Å². The Balaban J connectivity index is 0.000000521. The monoisotopic (exact) mass is 750 g/mol. The highest BCUT2D eigenvalue weighted by atomic mass is 15.1. The van der Waals surface area contributed by atoms with Gasteiger partial charge in [0.25, 0.3) is 0 Å². The number of rotatable bonds is 6. The Labute approximate surface area is 344 Å². The van der Waals surface area contributed by atoms with Gasteiger partial charge in [-0.25, -0.2) is 0 Å². The van der Waals surface area contributed by atoms with Gasteiger partial charge in [-0.1, -0.05) is 249 Å². The molecule has 1 nitrogen and oxygen atoms in total. The average molecular weight is 750 g/mol. The van der Waals surface area contributed by atoms with Crippen LogP contribution in [0.15, 0.2) is 152 Å². The third-order valence-corrected chi connectivity index (χ3v) is 9.56. The first kappa shape index (κ1) is 49.3. The van der Waals surface area contributed by atoms with Gasteiger partial charge in [0.05, 0.1) is 5.41 Å². The minimum Gasteiger partial charge on any atom is -0.300 e. The van der Waals surface area contributed by atoms with Crippen molar-refractivity contribution in [2.45, 2.75) is 115 Å². The third kappa shape index (κ3) is 11.0. The minimum absolute atomic E-state index is 0.298. The van der Waals surface area contributed by atoms with Crippen molar-refractivity contribution in [1.82, 2.24) is 4.90 Å². The highest BCUT2D eigenvalue weighted by Crippen LogP contribution is 2.56. The first-order chi connectivity index (χ1) is 27.8. The van der Waals surface area contributed by atoms with E-state index in [-0.39, 0.29) is 5.41 Å². The van der Waals surface area contributed by atoms with Gasteiger partial charge in [0.2, 0.25) is 0 Å². The zero-order chi connectivity index (χ0) is 41.9. The van der Waals surface area contributed by atoms with Crippen molar-refractivity contribution >= 4 is 0 Å². The molecule has 1 heteroatoms. The Morgan fingerprint density at radius 3 is 1.21 bits per heavy atom. The van der Waals surface area contributed by atoms with Crippen molar-refractivity contribution in [3.05, 3.63) is 191 Å². The van der Waals surface area contributed by atoms with Gasteiger partial charge in [0.1, 0.15) is 0 Å². The largest absolute Gasteiger partial charge is 0.300 e. The molecule has 6 aromatic rings. The lowest BCUT2D eigenvalue weighted by atomic mass is 9.67. The van der Waals surface area contributed by atoms with Crippen LogP contribution in [0.4, 0.5) is 0 Å². The first-order valence-corrected chi connectivity index (χ1v) is 22.0. The Kier molecular flexibility index (Phi) is 24.5. The van der Waals surface area contributed by atoms with Crippen LogP contribution in [0.1, 0.15) is 136 Å². The second-order valence-electron chi connectivity index (χ2n) is 11.8. The van der Waals surface area contributed by atoms with E-state index in [0.29, 0.717) is 0 Å². The molecule has 0 heterocycles. The molecule has 0 unspecified atom stereocenters. The number of hydrogen-bond donors (Lipinski definition) is 0. The van der Waals surface area contributed by atoms with Gasteiger partial charge in [0, 0.05) is 6.54 Å². The van der Waals surface area contributed by atoms with E-state index < -0.39 is 0 Å². The fraction of sp³-hybridized carbons (Fsp3) is 0.345. The average Bonchev–Trinajstić information content (AvgIpc) is 3.85. The highest BCUT2D eigenvalue weighted by Gasteiger charge is 2.46. The Morgan fingerprint density at radius 2 is 0.768 bits per heavy atom. The Hall–Kier alpha value is -4.72. The van der Waals surface area contributed by atoms with E-state index in [1.165, 1.54) is 61.2 Å². The normalized spacial score (nSPS) is 11.1. The van der Waals surface area contributed by atoms with Gasteiger partial charge in [0.15, 0.2) is 0 Å². The number of nitrogens with zero attached hydrogens (tertiary/aromatic N) is 1. The molecule has 0 saturated heterocycles. The maximum atomic E-state index is 2.50. The summed E-state index contributed by atoms with van der Waals surface area (Å²) in [5, 5.41) is 0. The first-order valence-electron chi connectivity index (χ1n) is 22.0. The number of fused-ring (bicyclic) bond motifs is 6. The molecule has 0 aliphatic heterocycles. The molecule has 6 aromatic carbocycles. The lowest BCUT2D eigenvalue weighted by Crippen LogP contribution is -2.28. The summed E-state index contributed by atoms with van der Waals surface area (Å²) in [6, 6.07) is 55.3.